The molecule has 2 aromatic heterocycles. The van der Waals surface area contributed by atoms with E-state index in [1.165, 1.54) is 0 Å². The largest absolute Gasteiger partial charge is 0.467 e. The summed E-state index contributed by atoms with van der Waals surface area (Å²) in [6.07, 6.45) is 3.21. The number of aryl methyl sites for hydroxylation is 1. The van der Waals surface area contributed by atoms with E-state index in [4.69, 9.17) is 4.42 Å². The quantitative estimate of drug-likeness (QED) is 0.719. The van der Waals surface area contributed by atoms with E-state index < -0.39 is 0 Å². The van der Waals surface area contributed by atoms with Crippen LogP contribution in [0.1, 0.15) is 11.3 Å². The molecule has 0 aliphatic heterocycles. The number of nitrogens with zero attached hydrogens (tertiary/aromatic N) is 3. The first-order valence-corrected chi connectivity index (χ1v) is 7.49. The van der Waals surface area contributed by atoms with Crippen molar-refractivity contribution in [2.45, 2.75) is 13.5 Å². The summed E-state index contributed by atoms with van der Waals surface area (Å²) in [4.78, 5) is 4.38. The van der Waals surface area contributed by atoms with Crippen molar-refractivity contribution in [3.63, 3.8) is 0 Å². The molecule has 7 heteroatoms. The number of furan rings is 1. The van der Waals surface area contributed by atoms with Gasteiger partial charge in [0.1, 0.15) is 5.76 Å². The van der Waals surface area contributed by atoms with Crippen LogP contribution in [0.4, 0.5) is 17.5 Å². The van der Waals surface area contributed by atoms with Crippen molar-refractivity contribution in [1.29, 1.82) is 0 Å². The Morgan fingerprint density at radius 3 is 2.95 bits per heavy atom. The molecule has 0 saturated heterocycles. The minimum absolute atomic E-state index is 0.441. The highest BCUT2D eigenvalue weighted by atomic mass is 79.9. The summed E-state index contributed by atoms with van der Waals surface area (Å²) in [7, 11) is 0. The third kappa shape index (κ3) is 3.62. The van der Waals surface area contributed by atoms with Gasteiger partial charge in [0.05, 0.1) is 19.0 Å². The number of hydrogen-bond donors (Lipinski definition) is 2. The maximum atomic E-state index is 5.25. The predicted octanol–water partition coefficient (Wildman–Crippen LogP) is 3.89. The molecule has 3 aromatic rings. The number of nitrogens with one attached hydrogen (secondary N) is 2. The van der Waals surface area contributed by atoms with Crippen LogP contribution in [0.25, 0.3) is 0 Å². The van der Waals surface area contributed by atoms with Crippen LogP contribution in [-0.2, 0) is 6.54 Å². The van der Waals surface area contributed by atoms with Gasteiger partial charge in [0, 0.05) is 10.2 Å². The lowest BCUT2D eigenvalue weighted by Gasteiger charge is -2.09. The van der Waals surface area contributed by atoms with Gasteiger partial charge in [0.2, 0.25) is 5.95 Å². The lowest BCUT2D eigenvalue weighted by atomic mass is 10.2. The van der Waals surface area contributed by atoms with Crippen LogP contribution >= 0.6 is 15.9 Å². The van der Waals surface area contributed by atoms with Gasteiger partial charge in [-0.25, -0.2) is 0 Å². The van der Waals surface area contributed by atoms with Crippen molar-refractivity contribution in [2.75, 3.05) is 10.6 Å². The molecule has 22 heavy (non-hydrogen) atoms. The second-order valence-corrected chi connectivity index (χ2v) is 5.60. The fourth-order valence-electron chi connectivity index (χ4n) is 1.92. The van der Waals surface area contributed by atoms with E-state index in [1.54, 1.807) is 12.5 Å². The van der Waals surface area contributed by atoms with Crippen LogP contribution in [0.3, 0.4) is 0 Å². The highest BCUT2D eigenvalue weighted by molar-refractivity contribution is 9.10. The molecule has 2 N–H and O–H groups in total. The maximum absolute atomic E-state index is 5.25. The molecule has 0 amide bonds. The van der Waals surface area contributed by atoms with Gasteiger partial charge in [-0.2, -0.15) is 10.1 Å². The van der Waals surface area contributed by atoms with Gasteiger partial charge >= 0.3 is 0 Å². The fourth-order valence-corrected chi connectivity index (χ4v) is 2.40. The van der Waals surface area contributed by atoms with Gasteiger partial charge in [-0.3, -0.25) is 0 Å². The monoisotopic (exact) mass is 359 g/mol. The van der Waals surface area contributed by atoms with Gasteiger partial charge in [-0.15, -0.1) is 5.10 Å². The van der Waals surface area contributed by atoms with E-state index in [0.29, 0.717) is 18.3 Å². The molecule has 0 atom stereocenters. The Morgan fingerprint density at radius 2 is 2.18 bits per heavy atom. The summed E-state index contributed by atoms with van der Waals surface area (Å²) in [6.45, 7) is 2.53. The number of hydrogen-bond acceptors (Lipinski definition) is 6. The van der Waals surface area contributed by atoms with Gasteiger partial charge in [0.15, 0.2) is 5.82 Å². The number of benzene rings is 1. The van der Waals surface area contributed by atoms with Crippen molar-refractivity contribution in [3.05, 3.63) is 58.6 Å². The van der Waals surface area contributed by atoms with Gasteiger partial charge < -0.3 is 15.1 Å². The van der Waals surface area contributed by atoms with Crippen LogP contribution in [0.5, 0.6) is 0 Å². The second kappa shape index (κ2) is 6.57. The Morgan fingerprint density at radius 1 is 1.27 bits per heavy atom. The Bertz CT molecular complexity index is 760. The first kappa shape index (κ1) is 14.5. The Kier molecular flexibility index (Phi) is 4.34. The predicted molar refractivity (Wildman–Crippen MR) is 88.0 cm³/mol. The molecular weight excluding hydrogens is 346 g/mol. The molecule has 1 aromatic carbocycles. The normalized spacial score (nSPS) is 10.5. The van der Waals surface area contributed by atoms with E-state index in [2.05, 4.69) is 41.7 Å². The zero-order valence-electron chi connectivity index (χ0n) is 11.9. The highest BCUT2D eigenvalue weighted by Gasteiger charge is 2.04. The number of rotatable bonds is 5. The molecule has 0 fully saturated rings. The van der Waals surface area contributed by atoms with Crippen molar-refractivity contribution in [3.8, 4) is 0 Å². The number of aromatic nitrogens is 3. The summed E-state index contributed by atoms with van der Waals surface area (Å²) in [5, 5.41) is 14.2. The molecule has 6 nitrogen and oxygen atoms in total. The minimum atomic E-state index is 0.441. The highest BCUT2D eigenvalue weighted by Crippen LogP contribution is 2.22. The lowest BCUT2D eigenvalue weighted by Crippen LogP contribution is -2.06. The van der Waals surface area contributed by atoms with Gasteiger partial charge in [0.25, 0.3) is 0 Å². The molecule has 0 bridgehead atoms. The van der Waals surface area contributed by atoms with Crippen LogP contribution < -0.4 is 10.6 Å². The topological polar surface area (TPSA) is 75.9 Å². The molecular formula is C15H14BrN5O. The van der Waals surface area contributed by atoms with Gasteiger partial charge in [-0.05, 0) is 42.8 Å². The van der Waals surface area contributed by atoms with Crippen LogP contribution in [0, 0.1) is 6.92 Å². The molecule has 0 aliphatic rings. The average molecular weight is 360 g/mol. The molecule has 0 aliphatic carbocycles. The first-order valence-electron chi connectivity index (χ1n) is 6.70. The molecule has 0 unspecified atom stereocenters. The van der Waals surface area contributed by atoms with Crippen molar-refractivity contribution in [1.82, 2.24) is 15.2 Å². The second-order valence-electron chi connectivity index (χ2n) is 4.68. The summed E-state index contributed by atoms with van der Waals surface area (Å²) < 4.78 is 6.29. The minimum Gasteiger partial charge on any atom is -0.467 e. The van der Waals surface area contributed by atoms with Crippen LogP contribution in [0.2, 0.25) is 0 Å². The van der Waals surface area contributed by atoms with Crippen LogP contribution in [0.15, 0.2) is 51.7 Å². The van der Waals surface area contributed by atoms with E-state index in [0.717, 1.165) is 21.5 Å². The van der Waals surface area contributed by atoms with E-state index >= 15 is 0 Å². The smallest absolute Gasteiger partial charge is 0.245 e. The molecule has 3 rings (SSSR count). The molecule has 0 spiro atoms. The third-order valence-electron chi connectivity index (χ3n) is 3.01. The SMILES string of the molecule is Cc1cc(Br)ccc1Nc1cnnc(NCc2ccco2)n1. The summed E-state index contributed by atoms with van der Waals surface area (Å²) in [5.74, 6) is 1.88. The fraction of sp³-hybridized carbons (Fsp3) is 0.133. The molecule has 0 radical (unpaired) electrons. The summed E-state index contributed by atoms with van der Waals surface area (Å²) in [6, 6.07) is 9.71. The molecule has 2 heterocycles. The average Bonchev–Trinajstić information content (AvgIpc) is 3.02. The first-order chi connectivity index (χ1) is 10.7. The van der Waals surface area contributed by atoms with Crippen molar-refractivity contribution < 1.29 is 4.42 Å². The molecule has 112 valence electrons. The Balaban J connectivity index is 1.70. The maximum Gasteiger partial charge on any atom is 0.245 e. The van der Waals surface area contributed by atoms with Crippen molar-refractivity contribution in [2.24, 2.45) is 0 Å². The standard InChI is InChI=1S/C15H14BrN5O/c1-10-7-11(16)4-5-13(10)19-14-9-18-21-15(20-14)17-8-12-3-2-6-22-12/h2-7,9H,8H2,1H3,(H2,17,19,20,21). The van der Waals surface area contributed by atoms with E-state index in [1.807, 2.05) is 37.3 Å². The number of halogens is 1. The third-order valence-corrected chi connectivity index (χ3v) is 3.50. The van der Waals surface area contributed by atoms with Gasteiger partial charge in [-0.1, -0.05) is 15.9 Å². The van der Waals surface area contributed by atoms with E-state index in [9.17, 15) is 0 Å². The zero-order chi connectivity index (χ0) is 15.4. The summed E-state index contributed by atoms with van der Waals surface area (Å²) in [5.41, 5.74) is 2.08. The number of anilines is 3. The Hall–Kier alpha value is -2.41. The van der Waals surface area contributed by atoms with Crippen molar-refractivity contribution >= 4 is 33.4 Å². The molecule has 0 saturated carbocycles. The Labute approximate surface area is 136 Å². The van der Waals surface area contributed by atoms with E-state index in [-0.39, 0.29) is 0 Å². The van der Waals surface area contributed by atoms with Crippen LogP contribution in [-0.4, -0.2) is 15.2 Å². The summed E-state index contributed by atoms with van der Waals surface area (Å²) >= 11 is 3.45. The lowest BCUT2D eigenvalue weighted by molar-refractivity contribution is 0.517. The zero-order valence-corrected chi connectivity index (χ0v) is 13.5.